The Morgan fingerprint density at radius 3 is 2.56 bits per heavy atom. The minimum Gasteiger partial charge on any atom is -0.377 e. The molecule has 0 bridgehead atoms. The van der Waals surface area contributed by atoms with Crippen LogP contribution in [0.1, 0.15) is 18.6 Å². The Hall–Kier alpha value is -2.75. The fourth-order valence-electron chi connectivity index (χ4n) is 2.33. The fourth-order valence-corrected chi connectivity index (χ4v) is 2.89. The molecule has 2 amide bonds. The third-order valence-corrected chi connectivity index (χ3v) is 4.21. The Labute approximate surface area is 164 Å². The van der Waals surface area contributed by atoms with Crippen LogP contribution >= 0.6 is 23.2 Å². The summed E-state index contributed by atoms with van der Waals surface area (Å²) < 4.78 is 5.30. The molecule has 11 heteroatoms. The standard InChI is InChI=1S/C16H15Cl2N7O2/c1-9(27-2)14-12(18)7-19-8-13(14)24-16(26)23-10-5-11(17)15(20-6-10)25-21-3-4-22-25/h3-9H,1-2H3,(H2,23,24,26)/t9-/m1/s1. The van der Waals surface area contributed by atoms with E-state index >= 15 is 0 Å². The molecule has 0 saturated carbocycles. The molecule has 0 aromatic carbocycles. The van der Waals surface area contributed by atoms with E-state index in [1.165, 1.54) is 35.8 Å². The minimum absolute atomic E-state index is 0.280. The van der Waals surface area contributed by atoms with Crippen molar-refractivity contribution in [2.24, 2.45) is 0 Å². The van der Waals surface area contributed by atoms with E-state index in [4.69, 9.17) is 27.9 Å². The number of nitrogens with zero attached hydrogens (tertiary/aromatic N) is 5. The molecule has 0 radical (unpaired) electrons. The number of nitrogens with one attached hydrogen (secondary N) is 2. The van der Waals surface area contributed by atoms with Gasteiger partial charge in [-0.25, -0.2) is 9.78 Å². The van der Waals surface area contributed by atoms with E-state index in [9.17, 15) is 4.79 Å². The molecule has 9 nitrogen and oxygen atoms in total. The molecule has 0 aliphatic heterocycles. The first-order valence-electron chi connectivity index (χ1n) is 7.76. The number of halogens is 2. The van der Waals surface area contributed by atoms with Crippen molar-refractivity contribution in [1.29, 1.82) is 0 Å². The number of methoxy groups -OCH3 is 1. The largest absolute Gasteiger partial charge is 0.377 e. The normalized spacial score (nSPS) is 11.9. The molecule has 0 aliphatic rings. The summed E-state index contributed by atoms with van der Waals surface area (Å²) in [5, 5.41) is 13.9. The summed E-state index contributed by atoms with van der Waals surface area (Å²) in [6, 6.07) is 1.04. The highest BCUT2D eigenvalue weighted by molar-refractivity contribution is 6.32. The van der Waals surface area contributed by atoms with Gasteiger partial charge in [-0.1, -0.05) is 23.2 Å². The van der Waals surface area contributed by atoms with Crippen LogP contribution in [0.4, 0.5) is 16.2 Å². The number of amides is 2. The zero-order valence-corrected chi connectivity index (χ0v) is 15.9. The zero-order chi connectivity index (χ0) is 19.4. The minimum atomic E-state index is -0.508. The van der Waals surface area contributed by atoms with Gasteiger partial charge in [0.25, 0.3) is 0 Å². The number of aromatic nitrogens is 5. The van der Waals surface area contributed by atoms with Gasteiger partial charge in [-0.3, -0.25) is 4.98 Å². The first-order chi connectivity index (χ1) is 13.0. The first-order valence-corrected chi connectivity index (χ1v) is 8.51. The van der Waals surface area contributed by atoms with Crippen LogP contribution < -0.4 is 10.6 Å². The third kappa shape index (κ3) is 4.33. The van der Waals surface area contributed by atoms with Gasteiger partial charge in [0.2, 0.25) is 0 Å². The van der Waals surface area contributed by atoms with Crippen molar-refractivity contribution >= 4 is 40.6 Å². The van der Waals surface area contributed by atoms with E-state index in [2.05, 4.69) is 30.8 Å². The zero-order valence-electron chi connectivity index (χ0n) is 14.3. The smallest absolute Gasteiger partial charge is 0.323 e. The lowest BCUT2D eigenvalue weighted by molar-refractivity contribution is 0.120. The monoisotopic (exact) mass is 407 g/mol. The molecule has 0 spiro atoms. The maximum Gasteiger partial charge on any atom is 0.323 e. The highest BCUT2D eigenvalue weighted by Crippen LogP contribution is 2.31. The second-order valence-corrected chi connectivity index (χ2v) is 6.20. The maximum atomic E-state index is 12.3. The van der Waals surface area contributed by atoms with Gasteiger partial charge in [-0.2, -0.15) is 10.2 Å². The fraction of sp³-hybridized carbons (Fsp3) is 0.188. The lowest BCUT2D eigenvalue weighted by atomic mass is 10.1. The number of rotatable bonds is 5. The summed E-state index contributed by atoms with van der Waals surface area (Å²) in [5.41, 5.74) is 1.45. The summed E-state index contributed by atoms with van der Waals surface area (Å²) in [7, 11) is 1.55. The van der Waals surface area contributed by atoms with Crippen molar-refractivity contribution < 1.29 is 9.53 Å². The van der Waals surface area contributed by atoms with E-state index in [1.807, 2.05) is 6.92 Å². The molecule has 0 unspecified atom stereocenters. The number of carbonyl (C=O) groups excluding carboxylic acids is 1. The molecule has 3 rings (SSSR count). The van der Waals surface area contributed by atoms with E-state index in [-0.39, 0.29) is 11.1 Å². The van der Waals surface area contributed by atoms with Gasteiger partial charge in [0.1, 0.15) is 0 Å². The Kier molecular flexibility index (Phi) is 5.84. The van der Waals surface area contributed by atoms with E-state index in [0.717, 1.165) is 0 Å². The number of hydrogen-bond donors (Lipinski definition) is 2. The summed E-state index contributed by atoms with van der Waals surface area (Å²) >= 11 is 12.4. The summed E-state index contributed by atoms with van der Waals surface area (Å²) in [5.74, 6) is 0.350. The Balaban J connectivity index is 1.75. The van der Waals surface area contributed by atoms with Crippen molar-refractivity contribution in [3.8, 4) is 5.82 Å². The van der Waals surface area contributed by atoms with Crippen LogP contribution in [0, 0.1) is 0 Å². The second kappa shape index (κ2) is 8.30. The van der Waals surface area contributed by atoms with Crippen LogP contribution in [0.25, 0.3) is 5.82 Å². The Morgan fingerprint density at radius 2 is 1.89 bits per heavy atom. The van der Waals surface area contributed by atoms with Crippen LogP contribution in [0.15, 0.2) is 37.1 Å². The summed E-state index contributed by atoms with van der Waals surface area (Å²) in [6.07, 6.45) is 7.12. The molecule has 27 heavy (non-hydrogen) atoms. The molecule has 1 atom stereocenters. The lowest BCUT2D eigenvalue weighted by Crippen LogP contribution is -2.21. The van der Waals surface area contributed by atoms with Crippen LogP contribution in [-0.2, 0) is 4.74 Å². The van der Waals surface area contributed by atoms with Crippen LogP contribution in [-0.4, -0.2) is 38.1 Å². The Morgan fingerprint density at radius 1 is 1.15 bits per heavy atom. The Bertz CT molecular complexity index is 950. The van der Waals surface area contributed by atoms with Gasteiger partial charge in [0.15, 0.2) is 5.82 Å². The van der Waals surface area contributed by atoms with Crippen molar-refractivity contribution in [1.82, 2.24) is 25.0 Å². The summed E-state index contributed by atoms with van der Waals surface area (Å²) in [6.45, 7) is 1.82. The maximum absolute atomic E-state index is 12.3. The molecular formula is C16H15Cl2N7O2. The number of pyridine rings is 2. The van der Waals surface area contributed by atoms with E-state index < -0.39 is 6.03 Å². The van der Waals surface area contributed by atoms with Gasteiger partial charge in [-0.15, -0.1) is 4.80 Å². The number of urea groups is 1. The molecule has 0 fully saturated rings. The molecule has 140 valence electrons. The third-order valence-electron chi connectivity index (χ3n) is 3.64. The average molecular weight is 408 g/mol. The predicted octanol–water partition coefficient (Wildman–Crippen LogP) is 3.72. The molecule has 0 aliphatic carbocycles. The first kappa shape index (κ1) is 19.0. The van der Waals surface area contributed by atoms with Crippen LogP contribution in [0.5, 0.6) is 0 Å². The van der Waals surface area contributed by atoms with Crippen LogP contribution in [0.3, 0.4) is 0 Å². The number of hydrogen-bond acceptors (Lipinski definition) is 6. The predicted molar refractivity (Wildman–Crippen MR) is 101 cm³/mol. The molecule has 3 heterocycles. The van der Waals surface area contributed by atoms with E-state index in [1.54, 1.807) is 13.2 Å². The summed E-state index contributed by atoms with van der Waals surface area (Å²) in [4.78, 5) is 21.8. The second-order valence-electron chi connectivity index (χ2n) is 5.39. The number of carbonyl (C=O) groups is 1. The van der Waals surface area contributed by atoms with Gasteiger partial charge in [-0.05, 0) is 13.0 Å². The van der Waals surface area contributed by atoms with Crippen molar-refractivity contribution in [2.45, 2.75) is 13.0 Å². The quantitative estimate of drug-likeness (QED) is 0.667. The molecular weight excluding hydrogens is 393 g/mol. The average Bonchev–Trinajstić information content (AvgIpc) is 3.15. The van der Waals surface area contributed by atoms with Gasteiger partial charge < -0.3 is 15.4 Å². The molecule has 2 N–H and O–H groups in total. The van der Waals surface area contributed by atoms with Crippen molar-refractivity contribution in [3.63, 3.8) is 0 Å². The topological polar surface area (TPSA) is 107 Å². The van der Waals surface area contributed by atoms with Crippen molar-refractivity contribution in [3.05, 3.63) is 52.7 Å². The highest BCUT2D eigenvalue weighted by Gasteiger charge is 2.17. The highest BCUT2D eigenvalue weighted by atomic mass is 35.5. The van der Waals surface area contributed by atoms with Crippen molar-refractivity contribution in [2.75, 3.05) is 17.7 Å². The molecule has 3 aromatic heterocycles. The number of anilines is 2. The lowest BCUT2D eigenvalue weighted by Gasteiger charge is -2.17. The SMILES string of the molecule is CO[C@H](C)c1c(Cl)cncc1NC(=O)Nc1cnc(-n2nccn2)c(Cl)c1. The number of ether oxygens (including phenoxy) is 1. The van der Waals surface area contributed by atoms with E-state index in [0.29, 0.717) is 27.8 Å². The van der Waals surface area contributed by atoms with Gasteiger partial charge >= 0.3 is 6.03 Å². The van der Waals surface area contributed by atoms with Gasteiger partial charge in [0.05, 0.1) is 52.3 Å². The van der Waals surface area contributed by atoms with Crippen LogP contribution in [0.2, 0.25) is 10.0 Å². The van der Waals surface area contributed by atoms with Gasteiger partial charge in [0, 0.05) is 18.9 Å². The molecule has 0 saturated heterocycles. The molecule has 3 aromatic rings.